The molecule has 1 amide bonds. The van der Waals surface area contributed by atoms with Crippen LogP contribution in [0.5, 0.6) is 0 Å². The summed E-state index contributed by atoms with van der Waals surface area (Å²) in [5.41, 5.74) is 7.94. The maximum atomic E-state index is 13.8. The summed E-state index contributed by atoms with van der Waals surface area (Å²) in [5.74, 6) is -0.488. The molecule has 7 rings (SSSR count). The van der Waals surface area contributed by atoms with Gasteiger partial charge in [-0.25, -0.2) is 8.42 Å². The zero-order valence-corrected chi connectivity index (χ0v) is 37.0. The van der Waals surface area contributed by atoms with Crippen molar-refractivity contribution in [2.45, 2.75) is 81.9 Å². The van der Waals surface area contributed by atoms with Crippen molar-refractivity contribution in [2.24, 2.45) is 5.92 Å². The number of likely N-dealkylation sites (N-methyl/N-ethyl adjacent to an activating group) is 1. The van der Waals surface area contributed by atoms with Crippen molar-refractivity contribution in [3.63, 3.8) is 0 Å². The average molecular weight is 868 g/mol. The van der Waals surface area contributed by atoms with E-state index in [4.69, 9.17) is 9.47 Å². The van der Waals surface area contributed by atoms with Crippen LogP contribution in [-0.2, 0) is 43.9 Å². The van der Waals surface area contributed by atoms with Crippen molar-refractivity contribution in [1.29, 1.82) is 0 Å². The van der Waals surface area contributed by atoms with Crippen molar-refractivity contribution in [2.75, 3.05) is 13.6 Å². The number of sulfonamides is 1. The van der Waals surface area contributed by atoms with Gasteiger partial charge in [0.05, 0.1) is 29.8 Å². The molecule has 1 aliphatic rings. The smallest absolute Gasteiger partial charge is 0.241 e. The fourth-order valence-electron chi connectivity index (χ4n) is 8.00. The first-order valence-electron chi connectivity index (χ1n) is 21.4. The first-order chi connectivity index (χ1) is 30.4. The molecule has 7 atom stereocenters. The molecule has 0 aromatic heterocycles. The van der Waals surface area contributed by atoms with E-state index in [9.17, 15) is 23.4 Å². The third-order valence-corrected chi connectivity index (χ3v) is 13.5. The van der Waals surface area contributed by atoms with Crippen molar-refractivity contribution in [3.8, 4) is 11.1 Å². The lowest BCUT2D eigenvalue weighted by atomic mass is 9.89. The minimum atomic E-state index is -3.99. The molecule has 0 spiro atoms. The number of rotatable bonds is 17. The summed E-state index contributed by atoms with van der Waals surface area (Å²) in [7, 11) is -1.98. The number of aliphatic hydroxyl groups excluding tert-OH is 2. The van der Waals surface area contributed by atoms with Crippen LogP contribution in [0.3, 0.4) is 0 Å². The second-order valence-electron chi connectivity index (χ2n) is 16.6. The monoisotopic (exact) mass is 867 g/mol. The van der Waals surface area contributed by atoms with Gasteiger partial charge in [-0.05, 0) is 90.5 Å². The van der Waals surface area contributed by atoms with Crippen LogP contribution in [0.25, 0.3) is 11.1 Å². The molecule has 4 N–H and O–H groups in total. The lowest BCUT2D eigenvalue weighted by molar-refractivity contribution is -0.276. The quantitative estimate of drug-likeness (QED) is 0.0721. The largest absolute Gasteiger partial charge is 0.392 e. The Morgan fingerprint density at radius 3 is 2.06 bits per heavy atom. The van der Waals surface area contributed by atoms with Gasteiger partial charge in [-0.15, -0.1) is 0 Å². The summed E-state index contributed by atoms with van der Waals surface area (Å²) in [6.07, 6.45) is -1.78. The van der Waals surface area contributed by atoms with Crippen LogP contribution in [-0.4, -0.2) is 61.2 Å². The Morgan fingerprint density at radius 2 is 1.38 bits per heavy atom. The van der Waals surface area contributed by atoms with E-state index in [-0.39, 0.29) is 48.6 Å². The molecular weight excluding hydrogens is 811 g/mol. The van der Waals surface area contributed by atoms with Gasteiger partial charge >= 0.3 is 0 Å². The third-order valence-electron chi connectivity index (χ3n) is 12.0. The van der Waals surface area contributed by atoms with Crippen LogP contribution in [0.1, 0.15) is 71.3 Å². The van der Waals surface area contributed by atoms with Crippen LogP contribution >= 0.6 is 0 Å². The Kier molecular flexibility index (Phi) is 15.0. The number of nitrogens with zero attached hydrogens (tertiary/aromatic N) is 1. The van der Waals surface area contributed by atoms with Crippen molar-refractivity contribution in [3.05, 3.63) is 197 Å². The van der Waals surface area contributed by atoms with Crippen LogP contribution < -0.4 is 10.0 Å². The number of aliphatic hydroxyl groups is 2. The molecule has 1 fully saturated rings. The number of carbonyl (C=O) groups is 1. The second-order valence-corrected chi connectivity index (χ2v) is 18.3. The van der Waals surface area contributed by atoms with E-state index < -0.39 is 34.4 Å². The average Bonchev–Trinajstić information content (AvgIpc) is 3.31. The Bertz CT molecular complexity index is 2520. The van der Waals surface area contributed by atoms with Crippen molar-refractivity contribution < 1.29 is 32.9 Å². The number of aryl methyl sites for hydroxylation is 1. The predicted octanol–water partition coefficient (Wildman–Crippen LogP) is 8.21. The lowest BCUT2D eigenvalue weighted by Crippen LogP contribution is -2.47. The third kappa shape index (κ3) is 11.6. The molecule has 1 saturated heterocycles. The maximum absolute atomic E-state index is 13.8. The molecule has 6 aromatic carbocycles. The van der Waals surface area contributed by atoms with Gasteiger partial charge in [0.25, 0.3) is 0 Å². The van der Waals surface area contributed by atoms with Gasteiger partial charge in [0.15, 0.2) is 6.29 Å². The summed E-state index contributed by atoms with van der Waals surface area (Å²) in [6, 6.07) is 48.1. The van der Waals surface area contributed by atoms with Crippen molar-refractivity contribution in [1.82, 2.24) is 14.9 Å². The number of amides is 1. The normalized spacial score (nSPS) is 19.3. The molecule has 63 heavy (non-hydrogen) atoms. The van der Waals surface area contributed by atoms with Gasteiger partial charge in [-0.3, -0.25) is 9.69 Å². The van der Waals surface area contributed by atoms with E-state index >= 15 is 0 Å². The molecule has 10 nitrogen and oxygen atoms in total. The van der Waals surface area contributed by atoms with Crippen LogP contribution in [0.15, 0.2) is 163 Å². The van der Waals surface area contributed by atoms with E-state index in [2.05, 4.69) is 27.9 Å². The van der Waals surface area contributed by atoms with E-state index in [1.165, 1.54) is 12.1 Å². The summed E-state index contributed by atoms with van der Waals surface area (Å²) in [6.45, 7) is 6.71. The first kappa shape index (κ1) is 45.5. The highest BCUT2D eigenvalue weighted by molar-refractivity contribution is 7.89. The zero-order chi connectivity index (χ0) is 44.5. The second kappa shape index (κ2) is 20.8. The summed E-state index contributed by atoms with van der Waals surface area (Å²) in [5, 5.41) is 24.0. The first-order valence-corrected chi connectivity index (χ1v) is 22.9. The van der Waals surface area contributed by atoms with Crippen LogP contribution in [0.2, 0.25) is 0 Å². The van der Waals surface area contributed by atoms with E-state index in [1.54, 1.807) is 12.1 Å². The van der Waals surface area contributed by atoms with Gasteiger partial charge < -0.3 is 25.0 Å². The van der Waals surface area contributed by atoms with Gasteiger partial charge in [-0.2, -0.15) is 4.72 Å². The summed E-state index contributed by atoms with van der Waals surface area (Å²) >= 11 is 0. The topological polar surface area (TPSA) is 137 Å². The van der Waals surface area contributed by atoms with Crippen LogP contribution in [0.4, 0.5) is 0 Å². The highest BCUT2D eigenvalue weighted by atomic mass is 32.2. The maximum Gasteiger partial charge on any atom is 0.241 e. The van der Waals surface area contributed by atoms with E-state index in [0.717, 1.165) is 50.1 Å². The molecule has 0 saturated carbocycles. The lowest BCUT2D eigenvalue weighted by Gasteiger charge is -2.43. The predicted molar refractivity (Wildman–Crippen MR) is 246 cm³/mol. The Labute approximate surface area is 371 Å². The molecule has 0 bridgehead atoms. The number of nitrogens with one attached hydrogen (secondary N) is 2. The molecule has 0 radical (unpaired) electrons. The minimum absolute atomic E-state index is 0.0483. The molecule has 6 aromatic rings. The highest BCUT2D eigenvalue weighted by Crippen LogP contribution is 2.42. The van der Waals surface area contributed by atoms with Crippen LogP contribution in [0, 0.1) is 12.8 Å². The fraction of sp³-hybridized carbons (Fsp3) is 0.288. The molecular formula is C52H57N3O7S. The standard InChI is InChI=1S/C52H57N3O7S/c1-35-21-27-46(28-22-35)63(59,60)54-47(30-38-13-7-5-8-14-38)51(58)53-32-40-15-11-18-43(29-40)44-19-12-20-45(31-44)52-61-48(33-55(4)37(3)49(57)41-16-9-6-10-17-41)36(2)50(62-52)42-25-23-39(34-56)24-26-42/h5-29,31,36-37,47-50,52,54,56-57H,30,32-34H2,1-4H3,(H,53,58). The number of carbonyl (C=O) groups excluding carboxylic acids is 1. The molecule has 0 aliphatic carbocycles. The Hall–Kier alpha value is -5.50. The van der Waals surface area contributed by atoms with Gasteiger partial charge in [0.2, 0.25) is 15.9 Å². The van der Waals surface area contributed by atoms with Crippen molar-refractivity contribution >= 4 is 15.9 Å². The molecule has 1 aliphatic heterocycles. The Balaban J connectivity index is 1.08. The van der Waals surface area contributed by atoms with E-state index in [1.807, 2.05) is 148 Å². The summed E-state index contributed by atoms with van der Waals surface area (Å²) in [4.78, 5) is 16.0. The van der Waals surface area contributed by atoms with E-state index in [0.29, 0.717) is 6.54 Å². The zero-order valence-electron chi connectivity index (χ0n) is 36.2. The number of hydrogen-bond donors (Lipinski definition) is 4. The number of ether oxygens (including phenoxy) is 2. The molecule has 7 unspecified atom stereocenters. The molecule has 328 valence electrons. The SMILES string of the molecule is Cc1ccc(S(=O)(=O)NC(Cc2ccccc2)C(=O)NCc2cccc(-c3cccc(C4OC(CN(C)C(C)C(O)c5ccccc5)C(C)C(c5ccc(CO)cc5)O4)c3)c2)cc1. The van der Waals surface area contributed by atoms with Gasteiger partial charge in [0.1, 0.15) is 6.04 Å². The number of hydrogen-bond acceptors (Lipinski definition) is 8. The minimum Gasteiger partial charge on any atom is -0.392 e. The number of benzene rings is 6. The fourth-order valence-corrected chi connectivity index (χ4v) is 9.19. The summed E-state index contributed by atoms with van der Waals surface area (Å²) < 4.78 is 43.1. The Morgan fingerprint density at radius 1 is 0.746 bits per heavy atom. The molecule has 1 heterocycles. The highest BCUT2D eigenvalue weighted by Gasteiger charge is 2.40. The van der Waals surface area contributed by atoms with Gasteiger partial charge in [-0.1, -0.05) is 146 Å². The van der Waals surface area contributed by atoms with Gasteiger partial charge in [0, 0.05) is 30.6 Å². The molecule has 11 heteroatoms.